The number of aromatic nitrogens is 4. The molecule has 26 heavy (non-hydrogen) atoms. The summed E-state index contributed by atoms with van der Waals surface area (Å²) in [6.45, 7) is -0.260. The number of anilines is 1. The van der Waals surface area contributed by atoms with Gasteiger partial charge >= 0.3 is 0 Å². The van der Waals surface area contributed by atoms with Crippen LogP contribution in [-0.2, 0) is 4.74 Å². The first-order valence-corrected chi connectivity index (χ1v) is 8.17. The minimum Gasteiger partial charge on any atom is -0.394 e. The van der Waals surface area contributed by atoms with Crippen molar-refractivity contribution in [2.24, 2.45) is 0 Å². The third kappa shape index (κ3) is 2.92. The summed E-state index contributed by atoms with van der Waals surface area (Å²) in [7, 11) is 0. The molecule has 0 radical (unpaired) electrons. The summed E-state index contributed by atoms with van der Waals surface area (Å²) in [6.07, 6.45) is 1.41. The summed E-state index contributed by atoms with van der Waals surface area (Å²) in [4.78, 5) is 20.6. The van der Waals surface area contributed by atoms with E-state index in [-0.39, 0.29) is 18.5 Å². The van der Waals surface area contributed by atoms with Gasteiger partial charge in [0.15, 0.2) is 5.65 Å². The van der Waals surface area contributed by atoms with Crippen LogP contribution in [0.3, 0.4) is 0 Å². The van der Waals surface area contributed by atoms with Gasteiger partial charge in [-0.15, -0.1) is 0 Å². The van der Waals surface area contributed by atoms with Crippen LogP contribution >= 0.6 is 0 Å². The molecular formula is C17H17N5O4. The predicted molar refractivity (Wildman–Crippen MR) is 90.5 cm³/mol. The maximum Gasteiger partial charge on any atom is 0.258 e. The third-order valence-electron chi connectivity index (χ3n) is 4.34. The number of aliphatic hydroxyl groups excluding tert-OH is 2. The SMILES string of the molecule is O=C(Nc1ncnc2c(C3CC(O)C(CO)O3)cnn12)c1ccccc1. The summed E-state index contributed by atoms with van der Waals surface area (Å²) in [5.74, 6) is -0.0807. The van der Waals surface area contributed by atoms with Crippen LogP contribution in [0, 0.1) is 0 Å². The first kappa shape index (κ1) is 16.6. The highest BCUT2D eigenvalue weighted by molar-refractivity contribution is 6.03. The number of hydrogen-bond acceptors (Lipinski definition) is 7. The molecule has 3 unspecified atom stereocenters. The van der Waals surface area contributed by atoms with Gasteiger partial charge < -0.3 is 14.9 Å². The lowest BCUT2D eigenvalue weighted by Crippen LogP contribution is -2.24. The van der Waals surface area contributed by atoms with E-state index in [4.69, 9.17) is 4.74 Å². The highest BCUT2D eigenvalue weighted by Crippen LogP contribution is 2.34. The van der Waals surface area contributed by atoms with E-state index in [1.54, 1.807) is 30.5 Å². The third-order valence-corrected chi connectivity index (χ3v) is 4.34. The summed E-state index contributed by atoms with van der Waals surface area (Å²) in [5, 5.41) is 26.1. The normalized spacial score (nSPS) is 22.6. The van der Waals surface area contributed by atoms with Gasteiger partial charge in [-0.3, -0.25) is 10.1 Å². The van der Waals surface area contributed by atoms with Crippen LogP contribution in [0.15, 0.2) is 42.9 Å². The molecule has 1 amide bonds. The Morgan fingerprint density at radius 3 is 2.85 bits per heavy atom. The Balaban J connectivity index is 1.63. The van der Waals surface area contributed by atoms with Crippen molar-refractivity contribution in [3.05, 3.63) is 54.0 Å². The van der Waals surface area contributed by atoms with E-state index < -0.39 is 18.3 Å². The van der Waals surface area contributed by atoms with Gasteiger partial charge in [-0.25, -0.2) is 9.97 Å². The van der Waals surface area contributed by atoms with E-state index in [0.29, 0.717) is 23.2 Å². The van der Waals surface area contributed by atoms with Gasteiger partial charge in [-0.2, -0.15) is 9.61 Å². The lowest BCUT2D eigenvalue weighted by atomic mass is 10.1. The minimum atomic E-state index is -0.751. The summed E-state index contributed by atoms with van der Waals surface area (Å²) >= 11 is 0. The standard InChI is InChI=1S/C17H17N5O4/c23-8-14-12(24)6-13(26-14)11-7-20-22-15(11)18-9-19-17(22)21-16(25)10-4-2-1-3-5-10/h1-5,7,9,12-14,23-24H,6,8H2,(H,18,19,21,25). The second-order valence-electron chi connectivity index (χ2n) is 6.00. The molecule has 9 heteroatoms. The number of carbonyl (C=O) groups is 1. The van der Waals surface area contributed by atoms with Crippen LogP contribution < -0.4 is 5.32 Å². The molecule has 2 aromatic heterocycles. The van der Waals surface area contributed by atoms with Crippen molar-refractivity contribution in [2.75, 3.05) is 11.9 Å². The molecule has 1 fully saturated rings. The molecule has 1 saturated heterocycles. The van der Waals surface area contributed by atoms with Crippen molar-refractivity contribution in [1.29, 1.82) is 0 Å². The van der Waals surface area contributed by atoms with Gasteiger partial charge in [0.2, 0.25) is 5.95 Å². The fraction of sp³-hybridized carbons (Fsp3) is 0.294. The van der Waals surface area contributed by atoms with Gasteiger partial charge in [0.05, 0.1) is 25.0 Å². The lowest BCUT2D eigenvalue weighted by molar-refractivity contribution is -0.0222. The number of rotatable bonds is 4. The van der Waals surface area contributed by atoms with E-state index in [1.165, 1.54) is 10.8 Å². The second kappa shape index (κ2) is 6.79. The fourth-order valence-electron chi connectivity index (χ4n) is 3.00. The summed E-state index contributed by atoms with van der Waals surface area (Å²) in [5.41, 5.74) is 1.64. The van der Waals surface area contributed by atoms with Crippen molar-refractivity contribution >= 4 is 17.5 Å². The Morgan fingerprint density at radius 1 is 1.31 bits per heavy atom. The molecule has 3 aromatic rings. The lowest BCUT2D eigenvalue weighted by Gasteiger charge is -2.11. The number of aliphatic hydroxyl groups is 2. The van der Waals surface area contributed by atoms with Crippen LogP contribution in [0.4, 0.5) is 5.95 Å². The zero-order valence-electron chi connectivity index (χ0n) is 13.7. The topological polar surface area (TPSA) is 122 Å². The summed E-state index contributed by atoms with van der Waals surface area (Å²) in [6, 6.07) is 8.78. The molecule has 1 aliphatic heterocycles. The monoisotopic (exact) mass is 355 g/mol. The van der Waals surface area contributed by atoms with Crippen LogP contribution in [0.5, 0.6) is 0 Å². The van der Waals surface area contributed by atoms with Crippen LogP contribution in [0.25, 0.3) is 5.65 Å². The Hall–Kier alpha value is -2.88. The Labute approximate surface area is 148 Å². The summed E-state index contributed by atoms with van der Waals surface area (Å²) < 4.78 is 7.08. The average molecular weight is 355 g/mol. The second-order valence-corrected chi connectivity index (χ2v) is 6.00. The first-order valence-electron chi connectivity index (χ1n) is 8.17. The molecule has 0 saturated carbocycles. The molecule has 9 nitrogen and oxygen atoms in total. The van der Waals surface area contributed by atoms with Gasteiger partial charge in [0.1, 0.15) is 12.4 Å². The molecule has 4 rings (SSSR count). The molecule has 3 N–H and O–H groups in total. The number of carbonyl (C=O) groups excluding carboxylic acids is 1. The number of nitrogens with zero attached hydrogens (tertiary/aromatic N) is 4. The number of ether oxygens (including phenoxy) is 1. The van der Waals surface area contributed by atoms with Crippen LogP contribution in [0.2, 0.25) is 0 Å². The average Bonchev–Trinajstić information content (AvgIpc) is 3.26. The van der Waals surface area contributed by atoms with Gasteiger partial charge in [0, 0.05) is 17.5 Å². The maximum atomic E-state index is 12.3. The largest absolute Gasteiger partial charge is 0.394 e. The molecule has 0 spiro atoms. The molecule has 134 valence electrons. The van der Waals surface area contributed by atoms with Crippen LogP contribution in [-0.4, -0.2) is 54.5 Å². The van der Waals surface area contributed by atoms with Crippen molar-refractivity contribution < 1.29 is 19.7 Å². The quantitative estimate of drug-likeness (QED) is 0.625. The number of fused-ring (bicyclic) bond motifs is 1. The molecule has 0 bridgehead atoms. The van der Waals surface area contributed by atoms with E-state index in [0.717, 1.165) is 0 Å². The molecular weight excluding hydrogens is 338 g/mol. The Morgan fingerprint density at radius 2 is 2.12 bits per heavy atom. The predicted octanol–water partition coefficient (Wildman–Crippen LogP) is 0.560. The van der Waals surface area contributed by atoms with E-state index >= 15 is 0 Å². The van der Waals surface area contributed by atoms with E-state index in [1.807, 2.05) is 6.07 Å². The van der Waals surface area contributed by atoms with Crippen molar-refractivity contribution in [2.45, 2.75) is 24.7 Å². The van der Waals surface area contributed by atoms with Gasteiger partial charge in [-0.05, 0) is 12.1 Å². The Kier molecular flexibility index (Phi) is 4.33. The highest BCUT2D eigenvalue weighted by atomic mass is 16.5. The number of benzene rings is 1. The zero-order valence-corrected chi connectivity index (χ0v) is 13.7. The molecule has 1 aliphatic rings. The van der Waals surface area contributed by atoms with Crippen LogP contribution in [0.1, 0.15) is 28.4 Å². The smallest absolute Gasteiger partial charge is 0.258 e. The number of hydrogen-bond donors (Lipinski definition) is 3. The minimum absolute atomic E-state index is 0.229. The fourth-order valence-corrected chi connectivity index (χ4v) is 3.00. The van der Waals surface area contributed by atoms with Crippen molar-refractivity contribution in [3.63, 3.8) is 0 Å². The van der Waals surface area contributed by atoms with E-state index in [2.05, 4.69) is 20.4 Å². The number of amides is 1. The molecule has 1 aromatic carbocycles. The zero-order chi connectivity index (χ0) is 18.1. The van der Waals surface area contributed by atoms with Crippen molar-refractivity contribution in [1.82, 2.24) is 19.6 Å². The molecule has 3 heterocycles. The van der Waals surface area contributed by atoms with E-state index in [9.17, 15) is 15.0 Å². The van der Waals surface area contributed by atoms with Crippen molar-refractivity contribution in [3.8, 4) is 0 Å². The highest BCUT2D eigenvalue weighted by Gasteiger charge is 2.36. The van der Waals surface area contributed by atoms with Gasteiger partial charge in [0.25, 0.3) is 5.91 Å². The number of nitrogens with one attached hydrogen (secondary N) is 1. The molecule has 3 atom stereocenters. The maximum absolute atomic E-state index is 12.3. The molecule has 0 aliphatic carbocycles. The van der Waals surface area contributed by atoms with Gasteiger partial charge in [-0.1, -0.05) is 18.2 Å². The first-order chi connectivity index (χ1) is 12.7. The Bertz CT molecular complexity index is 929.